The highest BCUT2D eigenvalue weighted by atomic mass is 35.5. The Balaban J connectivity index is 2.40. The first-order valence-electron chi connectivity index (χ1n) is 7.94. The Morgan fingerprint density at radius 2 is 2.08 bits per heavy atom. The van der Waals surface area contributed by atoms with Crippen molar-refractivity contribution in [3.05, 3.63) is 40.5 Å². The van der Waals surface area contributed by atoms with Gasteiger partial charge >= 0.3 is 0 Å². The van der Waals surface area contributed by atoms with Crippen molar-refractivity contribution < 1.29 is 14.6 Å². The molecule has 0 radical (unpaired) electrons. The van der Waals surface area contributed by atoms with Crippen LogP contribution in [0.15, 0.2) is 24.3 Å². The maximum absolute atomic E-state index is 12.9. The number of carbonyl (C=O) groups excluding carboxylic acids is 1. The van der Waals surface area contributed by atoms with Gasteiger partial charge in [0.05, 0.1) is 13.7 Å². The number of nitrogens with zero attached hydrogens (tertiary/aromatic N) is 3. The number of aromatic nitrogens is 2. The molecular formula is C17H23ClN4O3. The molecule has 0 aliphatic carbocycles. The second-order valence-corrected chi connectivity index (χ2v) is 6.00. The van der Waals surface area contributed by atoms with E-state index in [1.807, 2.05) is 12.1 Å². The van der Waals surface area contributed by atoms with Gasteiger partial charge in [-0.05, 0) is 24.1 Å². The van der Waals surface area contributed by atoms with Gasteiger partial charge in [0, 0.05) is 32.3 Å². The average molecular weight is 367 g/mol. The molecule has 0 fully saturated rings. The summed E-state index contributed by atoms with van der Waals surface area (Å²) in [6.07, 6.45) is 0.513. The fourth-order valence-electron chi connectivity index (χ4n) is 2.49. The average Bonchev–Trinajstić information content (AvgIpc) is 2.98. The SMILES string of the molecule is CNc1nc(OC)n(Cc2ccc(Cl)cc2)c1C(=O)N(C)CCCO. The lowest BCUT2D eigenvalue weighted by Crippen LogP contribution is -2.31. The van der Waals surface area contributed by atoms with Gasteiger partial charge in [0.2, 0.25) is 0 Å². The summed E-state index contributed by atoms with van der Waals surface area (Å²) in [7, 11) is 4.92. The first-order chi connectivity index (χ1) is 12.0. The Labute approximate surface area is 152 Å². The van der Waals surface area contributed by atoms with Crippen molar-refractivity contribution in [2.24, 2.45) is 0 Å². The van der Waals surface area contributed by atoms with E-state index in [2.05, 4.69) is 10.3 Å². The van der Waals surface area contributed by atoms with E-state index >= 15 is 0 Å². The quantitative estimate of drug-likeness (QED) is 0.747. The van der Waals surface area contributed by atoms with Crippen molar-refractivity contribution in [2.75, 3.05) is 39.7 Å². The number of imidazole rings is 1. The molecule has 0 bridgehead atoms. The Hall–Kier alpha value is -2.25. The summed E-state index contributed by atoms with van der Waals surface area (Å²) in [5.41, 5.74) is 1.38. The van der Waals surface area contributed by atoms with Crippen LogP contribution in [0.25, 0.3) is 0 Å². The molecular weight excluding hydrogens is 344 g/mol. The van der Waals surface area contributed by atoms with E-state index in [4.69, 9.17) is 21.4 Å². The molecule has 25 heavy (non-hydrogen) atoms. The van der Waals surface area contributed by atoms with Crippen LogP contribution in [0.3, 0.4) is 0 Å². The van der Waals surface area contributed by atoms with E-state index in [9.17, 15) is 4.79 Å². The number of halogens is 1. The van der Waals surface area contributed by atoms with E-state index < -0.39 is 0 Å². The maximum Gasteiger partial charge on any atom is 0.299 e. The first-order valence-corrected chi connectivity index (χ1v) is 8.32. The molecule has 136 valence electrons. The summed E-state index contributed by atoms with van der Waals surface area (Å²) in [6.45, 7) is 0.903. The van der Waals surface area contributed by atoms with Crippen molar-refractivity contribution in [3.63, 3.8) is 0 Å². The molecule has 1 aromatic heterocycles. The fraction of sp³-hybridized carbons (Fsp3) is 0.412. The standard InChI is InChI=1S/C17H23ClN4O3/c1-19-15-14(16(24)21(2)9-4-10-23)22(17(20-15)25-3)11-12-5-7-13(18)8-6-12/h5-8,19,23H,4,9-11H2,1-3H3. The summed E-state index contributed by atoms with van der Waals surface area (Å²) >= 11 is 5.94. The number of benzene rings is 1. The van der Waals surface area contributed by atoms with Gasteiger partial charge in [0.15, 0.2) is 11.5 Å². The van der Waals surface area contributed by atoms with Gasteiger partial charge in [0.1, 0.15) is 0 Å². The fourth-order valence-corrected chi connectivity index (χ4v) is 2.61. The molecule has 0 saturated carbocycles. The zero-order chi connectivity index (χ0) is 18.4. The third-order valence-corrected chi connectivity index (χ3v) is 4.06. The number of methoxy groups -OCH3 is 1. The molecule has 2 aromatic rings. The minimum absolute atomic E-state index is 0.0316. The normalized spacial score (nSPS) is 10.6. The zero-order valence-electron chi connectivity index (χ0n) is 14.6. The van der Waals surface area contributed by atoms with Gasteiger partial charge in [-0.15, -0.1) is 0 Å². The van der Waals surface area contributed by atoms with Crippen LogP contribution in [-0.4, -0.2) is 59.8 Å². The van der Waals surface area contributed by atoms with Crippen LogP contribution in [0.5, 0.6) is 6.01 Å². The Bertz CT molecular complexity index is 715. The number of hydrogen-bond acceptors (Lipinski definition) is 5. The minimum Gasteiger partial charge on any atom is -0.468 e. The number of ether oxygens (including phenoxy) is 1. The van der Waals surface area contributed by atoms with Gasteiger partial charge in [-0.2, -0.15) is 4.98 Å². The maximum atomic E-state index is 12.9. The van der Waals surface area contributed by atoms with E-state index in [0.29, 0.717) is 42.1 Å². The molecule has 0 saturated heterocycles. The smallest absolute Gasteiger partial charge is 0.299 e. The van der Waals surface area contributed by atoms with Gasteiger partial charge in [-0.3, -0.25) is 9.36 Å². The van der Waals surface area contributed by atoms with E-state index in [0.717, 1.165) is 5.56 Å². The van der Waals surface area contributed by atoms with E-state index in [-0.39, 0.29) is 12.5 Å². The molecule has 2 rings (SSSR count). The van der Waals surface area contributed by atoms with Crippen LogP contribution >= 0.6 is 11.6 Å². The Kier molecular flexibility index (Phi) is 6.66. The summed E-state index contributed by atoms with van der Waals surface area (Å²) in [5, 5.41) is 12.6. The predicted octanol–water partition coefficient (Wildman–Crippen LogP) is 2.09. The molecule has 1 aromatic carbocycles. The van der Waals surface area contributed by atoms with Crippen molar-refractivity contribution in [3.8, 4) is 6.01 Å². The largest absolute Gasteiger partial charge is 0.468 e. The Morgan fingerprint density at radius 1 is 1.40 bits per heavy atom. The summed E-state index contributed by atoms with van der Waals surface area (Å²) < 4.78 is 7.08. The predicted molar refractivity (Wildman–Crippen MR) is 97.5 cm³/mol. The lowest BCUT2D eigenvalue weighted by atomic mass is 10.2. The zero-order valence-corrected chi connectivity index (χ0v) is 15.4. The van der Waals surface area contributed by atoms with Crippen LogP contribution < -0.4 is 10.1 Å². The van der Waals surface area contributed by atoms with Gasteiger partial charge in [0.25, 0.3) is 11.9 Å². The second kappa shape index (κ2) is 8.73. The summed E-state index contributed by atoms with van der Waals surface area (Å²) in [6, 6.07) is 7.73. The van der Waals surface area contributed by atoms with Crippen LogP contribution in [0.1, 0.15) is 22.5 Å². The topological polar surface area (TPSA) is 79.6 Å². The number of nitrogens with one attached hydrogen (secondary N) is 1. The molecule has 7 nitrogen and oxygen atoms in total. The highest BCUT2D eigenvalue weighted by Gasteiger charge is 2.25. The van der Waals surface area contributed by atoms with E-state index in [1.54, 1.807) is 35.7 Å². The van der Waals surface area contributed by atoms with Crippen LogP contribution in [-0.2, 0) is 6.54 Å². The van der Waals surface area contributed by atoms with Crippen molar-refractivity contribution in [2.45, 2.75) is 13.0 Å². The number of anilines is 1. The number of aliphatic hydroxyl groups excluding tert-OH is 1. The first kappa shape index (κ1) is 19.1. The summed E-state index contributed by atoms with van der Waals surface area (Å²) in [4.78, 5) is 18.8. The van der Waals surface area contributed by atoms with Gasteiger partial charge < -0.3 is 20.1 Å². The van der Waals surface area contributed by atoms with Crippen molar-refractivity contribution in [1.82, 2.24) is 14.5 Å². The van der Waals surface area contributed by atoms with Gasteiger partial charge in [-0.25, -0.2) is 0 Å². The number of hydrogen-bond donors (Lipinski definition) is 2. The highest BCUT2D eigenvalue weighted by Crippen LogP contribution is 2.25. The third-order valence-electron chi connectivity index (χ3n) is 3.81. The molecule has 8 heteroatoms. The molecule has 0 atom stereocenters. The lowest BCUT2D eigenvalue weighted by molar-refractivity contribution is 0.0776. The number of carbonyl (C=O) groups is 1. The number of aliphatic hydroxyl groups is 1. The lowest BCUT2D eigenvalue weighted by Gasteiger charge is -2.19. The molecule has 0 aliphatic heterocycles. The number of amides is 1. The van der Waals surface area contributed by atoms with Crippen LogP contribution in [0, 0.1) is 0 Å². The molecule has 0 unspecified atom stereocenters. The number of rotatable bonds is 8. The second-order valence-electron chi connectivity index (χ2n) is 5.56. The molecule has 2 N–H and O–H groups in total. The summed E-state index contributed by atoms with van der Waals surface area (Å²) in [5.74, 6) is 0.259. The molecule has 0 spiro atoms. The van der Waals surface area contributed by atoms with Crippen molar-refractivity contribution >= 4 is 23.3 Å². The monoisotopic (exact) mass is 366 g/mol. The highest BCUT2D eigenvalue weighted by molar-refractivity contribution is 6.30. The van der Waals surface area contributed by atoms with Gasteiger partial charge in [-0.1, -0.05) is 23.7 Å². The Morgan fingerprint density at radius 3 is 2.64 bits per heavy atom. The van der Waals surface area contributed by atoms with Crippen LogP contribution in [0.4, 0.5) is 5.82 Å². The third kappa shape index (κ3) is 4.43. The molecule has 1 amide bonds. The molecule has 0 aliphatic rings. The van der Waals surface area contributed by atoms with Crippen LogP contribution in [0.2, 0.25) is 5.02 Å². The minimum atomic E-state index is -0.192. The van der Waals surface area contributed by atoms with E-state index in [1.165, 1.54) is 7.11 Å². The van der Waals surface area contributed by atoms with Crippen molar-refractivity contribution in [1.29, 1.82) is 0 Å². The molecule has 1 heterocycles.